The highest BCUT2D eigenvalue weighted by Gasteiger charge is 2.27. The van der Waals surface area contributed by atoms with Gasteiger partial charge in [0.15, 0.2) is 0 Å². The molecule has 0 saturated carbocycles. The summed E-state index contributed by atoms with van der Waals surface area (Å²) in [5.41, 5.74) is 0.544. The van der Waals surface area contributed by atoms with Crippen molar-refractivity contribution in [2.75, 3.05) is 34.3 Å². The van der Waals surface area contributed by atoms with E-state index in [0.717, 1.165) is 11.3 Å². The van der Waals surface area contributed by atoms with Crippen molar-refractivity contribution in [3.63, 3.8) is 0 Å². The zero-order valence-corrected chi connectivity index (χ0v) is 13.0. The van der Waals surface area contributed by atoms with Gasteiger partial charge < -0.3 is 9.64 Å². The second-order valence-corrected chi connectivity index (χ2v) is 6.85. The number of hydrogen-bond donors (Lipinski definition) is 1. The molecule has 0 amide bonds. The maximum absolute atomic E-state index is 12.2. The molecule has 1 N–H and O–H groups in total. The fourth-order valence-corrected chi connectivity index (χ4v) is 4.20. The van der Waals surface area contributed by atoms with Crippen LogP contribution in [0.25, 0.3) is 0 Å². The van der Waals surface area contributed by atoms with Gasteiger partial charge in [-0.05, 0) is 32.0 Å². The topological polar surface area (TPSA) is 75.7 Å². The average Bonchev–Trinajstić information content (AvgIpc) is 2.70. The standard InChI is InChI=1S/C11H18N2O4S2/c1-8-7-18-9(11(14)17-4)10(8)19(15,16)12-5-6-13(2)3/h7,12H,5-6H2,1-4H3. The molecule has 0 radical (unpaired) electrons. The van der Waals surface area contributed by atoms with Crippen LogP contribution in [0.1, 0.15) is 15.2 Å². The molecule has 0 aliphatic heterocycles. The van der Waals surface area contributed by atoms with Gasteiger partial charge in [0.05, 0.1) is 7.11 Å². The molecule has 1 aromatic heterocycles. The molecule has 1 heterocycles. The number of thiophene rings is 1. The molecule has 0 aromatic carbocycles. The number of sulfonamides is 1. The van der Waals surface area contributed by atoms with E-state index in [4.69, 9.17) is 0 Å². The highest BCUT2D eigenvalue weighted by Crippen LogP contribution is 2.27. The van der Waals surface area contributed by atoms with E-state index in [-0.39, 0.29) is 16.3 Å². The molecule has 0 unspecified atom stereocenters. The lowest BCUT2D eigenvalue weighted by molar-refractivity contribution is 0.0602. The van der Waals surface area contributed by atoms with Gasteiger partial charge in [0, 0.05) is 13.1 Å². The molecule has 0 aliphatic carbocycles. The van der Waals surface area contributed by atoms with Gasteiger partial charge in [0.25, 0.3) is 0 Å². The summed E-state index contributed by atoms with van der Waals surface area (Å²) in [4.78, 5) is 13.6. The van der Waals surface area contributed by atoms with Crippen LogP contribution < -0.4 is 4.72 Å². The fraction of sp³-hybridized carbons (Fsp3) is 0.545. The van der Waals surface area contributed by atoms with Gasteiger partial charge in [-0.2, -0.15) is 0 Å². The zero-order valence-electron chi connectivity index (χ0n) is 11.4. The van der Waals surface area contributed by atoms with Crippen molar-refractivity contribution in [1.29, 1.82) is 0 Å². The molecule has 0 bridgehead atoms. The summed E-state index contributed by atoms with van der Waals surface area (Å²) in [6.45, 7) is 2.52. The minimum absolute atomic E-state index is 0.0168. The predicted molar refractivity (Wildman–Crippen MR) is 74.1 cm³/mol. The van der Waals surface area contributed by atoms with Gasteiger partial charge in [-0.15, -0.1) is 11.3 Å². The summed E-state index contributed by atoms with van der Waals surface area (Å²) in [6.07, 6.45) is 0. The highest BCUT2D eigenvalue weighted by atomic mass is 32.2. The van der Waals surface area contributed by atoms with E-state index in [1.54, 1.807) is 12.3 Å². The van der Waals surface area contributed by atoms with Crippen molar-refractivity contribution in [3.05, 3.63) is 15.8 Å². The fourth-order valence-electron chi connectivity index (χ4n) is 1.48. The number of likely N-dealkylation sites (N-methyl/N-ethyl adjacent to an activating group) is 1. The number of nitrogens with one attached hydrogen (secondary N) is 1. The molecule has 0 fully saturated rings. The summed E-state index contributed by atoms with van der Waals surface area (Å²) in [5.74, 6) is -0.633. The maximum Gasteiger partial charge on any atom is 0.349 e. The molecule has 1 rings (SSSR count). The number of aryl methyl sites for hydroxylation is 1. The van der Waals surface area contributed by atoms with Gasteiger partial charge in [-0.3, -0.25) is 0 Å². The second kappa shape index (κ2) is 6.47. The molecule has 8 heteroatoms. The SMILES string of the molecule is COC(=O)c1scc(C)c1S(=O)(=O)NCCN(C)C. The van der Waals surface area contributed by atoms with Gasteiger partial charge in [0.2, 0.25) is 10.0 Å². The first-order valence-electron chi connectivity index (χ1n) is 5.60. The third kappa shape index (κ3) is 4.00. The Labute approximate surface area is 117 Å². The molecule has 19 heavy (non-hydrogen) atoms. The minimum atomic E-state index is -3.70. The number of rotatable bonds is 6. The number of esters is 1. The maximum atomic E-state index is 12.2. The monoisotopic (exact) mass is 306 g/mol. The average molecular weight is 306 g/mol. The lowest BCUT2D eigenvalue weighted by atomic mass is 10.3. The first-order valence-corrected chi connectivity index (χ1v) is 7.96. The van der Waals surface area contributed by atoms with Crippen molar-refractivity contribution >= 4 is 27.3 Å². The van der Waals surface area contributed by atoms with Crippen LogP contribution in [-0.2, 0) is 14.8 Å². The van der Waals surface area contributed by atoms with E-state index in [9.17, 15) is 13.2 Å². The largest absolute Gasteiger partial charge is 0.465 e. The molecular formula is C11H18N2O4S2. The van der Waals surface area contributed by atoms with E-state index in [2.05, 4.69) is 9.46 Å². The molecule has 0 atom stereocenters. The van der Waals surface area contributed by atoms with Crippen LogP contribution >= 0.6 is 11.3 Å². The summed E-state index contributed by atoms with van der Waals surface area (Å²) in [5, 5.41) is 1.63. The van der Waals surface area contributed by atoms with Crippen molar-refractivity contribution in [1.82, 2.24) is 9.62 Å². The molecule has 6 nitrogen and oxygen atoms in total. The Kier molecular flexibility index (Phi) is 5.48. The van der Waals surface area contributed by atoms with Gasteiger partial charge in [-0.1, -0.05) is 0 Å². The number of ether oxygens (including phenoxy) is 1. The van der Waals surface area contributed by atoms with Crippen LogP contribution in [0.4, 0.5) is 0 Å². The smallest absolute Gasteiger partial charge is 0.349 e. The van der Waals surface area contributed by atoms with E-state index >= 15 is 0 Å². The molecule has 1 aromatic rings. The minimum Gasteiger partial charge on any atom is -0.465 e. The lowest BCUT2D eigenvalue weighted by Crippen LogP contribution is -2.32. The third-order valence-corrected chi connectivity index (χ3v) is 5.26. The van der Waals surface area contributed by atoms with Crippen molar-refractivity contribution in [3.8, 4) is 0 Å². The Hall–Kier alpha value is -0.960. The highest BCUT2D eigenvalue weighted by molar-refractivity contribution is 7.89. The summed E-state index contributed by atoms with van der Waals surface area (Å²) < 4.78 is 31.5. The normalized spacial score (nSPS) is 11.8. The quantitative estimate of drug-likeness (QED) is 0.782. The summed E-state index contributed by atoms with van der Waals surface area (Å²) in [6, 6.07) is 0. The Balaban J connectivity index is 3.01. The summed E-state index contributed by atoms with van der Waals surface area (Å²) in [7, 11) is 1.24. The second-order valence-electron chi connectivity index (χ2n) is 4.27. The number of methoxy groups -OCH3 is 1. The van der Waals surface area contributed by atoms with E-state index in [0.29, 0.717) is 12.1 Å². The Bertz CT molecular complexity index is 549. The van der Waals surface area contributed by atoms with Crippen molar-refractivity contribution in [2.24, 2.45) is 0 Å². The number of carbonyl (C=O) groups is 1. The number of nitrogens with zero attached hydrogens (tertiary/aromatic N) is 1. The lowest BCUT2D eigenvalue weighted by Gasteiger charge is -2.11. The molecule has 0 saturated heterocycles. The predicted octanol–water partition coefficient (Wildman–Crippen LogP) is 0.683. The van der Waals surface area contributed by atoms with Crippen LogP contribution in [0.15, 0.2) is 10.3 Å². The van der Waals surface area contributed by atoms with E-state index in [1.165, 1.54) is 7.11 Å². The Morgan fingerprint density at radius 1 is 1.47 bits per heavy atom. The molecular weight excluding hydrogens is 288 g/mol. The molecule has 108 valence electrons. The van der Waals surface area contributed by atoms with Gasteiger partial charge in [-0.25, -0.2) is 17.9 Å². The molecule has 0 aliphatic rings. The van der Waals surface area contributed by atoms with Crippen LogP contribution in [0.5, 0.6) is 0 Å². The van der Waals surface area contributed by atoms with Crippen LogP contribution in [0.3, 0.4) is 0 Å². The van der Waals surface area contributed by atoms with Crippen LogP contribution in [0.2, 0.25) is 0 Å². The Morgan fingerprint density at radius 2 is 2.11 bits per heavy atom. The number of carbonyl (C=O) groups excluding carboxylic acids is 1. The zero-order chi connectivity index (χ0) is 14.6. The van der Waals surface area contributed by atoms with Crippen LogP contribution in [-0.4, -0.2) is 53.6 Å². The summed E-state index contributed by atoms with van der Waals surface area (Å²) >= 11 is 1.07. The van der Waals surface area contributed by atoms with E-state index in [1.807, 2.05) is 19.0 Å². The van der Waals surface area contributed by atoms with Crippen molar-refractivity contribution in [2.45, 2.75) is 11.8 Å². The van der Waals surface area contributed by atoms with Crippen LogP contribution in [0, 0.1) is 6.92 Å². The van der Waals surface area contributed by atoms with E-state index < -0.39 is 16.0 Å². The number of hydrogen-bond acceptors (Lipinski definition) is 6. The van der Waals surface area contributed by atoms with Gasteiger partial charge in [0.1, 0.15) is 9.77 Å². The first kappa shape index (κ1) is 16.1. The molecule has 0 spiro atoms. The first-order chi connectivity index (χ1) is 8.79. The Morgan fingerprint density at radius 3 is 2.63 bits per heavy atom. The van der Waals surface area contributed by atoms with Gasteiger partial charge >= 0.3 is 5.97 Å². The third-order valence-electron chi connectivity index (χ3n) is 2.41. The van der Waals surface area contributed by atoms with Crippen molar-refractivity contribution < 1.29 is 17.9 Å².